The van der Waals surface area contributed by atoms with Crippen molar-refractivity contribution in [2.24, 2.45) is 0 Å². The molecule has 0 aliphatic carbocycles. The van der Waals surface area contributed by atoms with Gasteiger partial charge in [0.1, 0.15) is 0 Å². The highest BCUT2D eigenvalue weighted by Gasteiger charge is 2.10. The zero-order valence-corrected chi connectivity index (χ0v) is 9.91. The minimum Gasteiger partial charge on any atom is -0.378 e. The zero-order valence-electron chi connectivity index (χ0n) is 9.91. The van der Waals surface area contributed by atoms with Crippen LogP contribution in [0.3, 0.4) is 0 Å². The molecule has 3 nitrogen and oxygen atoms in total. The quantitative estimate of drug-likeness (QED) is 0.827. The average molecular weight is 220 g/mol. The van der Waals surface area contributed by atoms with Gasteiger partial charge in [-0.1, -0.05) is 12.1 Å². The lowest BCUT2D eigenvalue weighted by Gasteiger charge is -2.28. The number of morpholine rings is 1. The second-order valence-electron chi connectivity index (χ2n) is 4.12. The summed E-state index contributed by atoms with van der Waals surface area (Å²) in [5.74, 6) is 0. The van der Waals surface area contributed by atoms with Crippen LogP contribution in [0.15, 0.2) is 24.3 Å². The lowest BCUT2D eigenvalue weighted by molar-refractivity contribution is 0.122. The van der Waals surface area contributed by atoms with Gasteiger partial charge in [0.25, 0.3) is 0 Å². The summed E-state index contributed by atoms with van der Waals surface area (Å²) in [6.45, 7) is 4.76. The topological polar surface area (TPSA) is 24.5 Å². The highest BCUT2D eigenvalue weighted by Crippen LogP contribution is 2.16. The first-order chi connectivity index (χ1) is 7.90. The summed E-state index contributed by atoms with van der Waals surface area (Å²) < 4.78 is 5.35. The van der Waals surface area contributed by atoms with Gasteiger partial charge in [-0.2, -0.15) is 0 Å². The number of anilines is 1. The van der Waals surface area contributed by atoms with Gasteiger partial charge in [-0.25, -0.2) is 0 Å². The molecule has 1 aromatic rings. The van der Waals surface area contributed by atoms with Crippen LogP contribution in [0.4, 0.5) is 5.69 Å². The maximum Gasteiger partial charge on any atom is 0.0642 e. The van der Waals surface area contributed by atoms with Crippen LogP contribution in [0.1, 0.15) is 5.56 Å². The molecule has 3 heteroatoms. The molecule has 88 valence electrons. The summed E-state index contributed by atoms with van der Waals surface area (Å²) in [4.78, 5) is 2.38. The molecule has 1 N–H and O–H groups in total. The molecular formula is C13H20N2O. The van der Waals surface area contributed by atoms with Crippen molar-refractivity contribution in [3.05, 3.63) is 29.8 Å². The number of hydrogen-bond donors (Lipinski definition) is 1. The molecule has 1 fully saturated rings. The Balaban J connectivity index is 1.95. The van der Waals surface area contributed by atoms with Crippen LogP contribution >= 0.6 is 0 Å². The van der Waals surface area contributed by atoms with Crippen molar-refractivity contribution in [1.29, 1.82) is 0 Å². The van der Waals surface area contributed by atoms with E-state index in [0.717, 1.165) is 39.3 Å². The minimum atomic E-state index is 0.849. The summed E-state index contributed by atoms with van der Waals surface area (Å²) in [6, 6.07) is 8.89. The van der Waals surface area contributed by atoms with Gasteiger partial charge < -0.3 is 15.0 Å². The van der Waals surface area contributed by atoms with Crippen molar-refractivity contribution in [2.45, 2.75) is 6.42 Å². The zero-order chi connectivity index (χ0) is 11.2. The Morgan fingerprint density at radius 2 is 1.88 bits per heavy atom. The summed E-state index contributed by atoms with van der Waals surface area (Å²) >= 11 is 0. The van der Waals surface area contributed by atoms with Crippen LogP contribution in [-0.2, 0) is 11.2 Å². The molecule has 0 aromatic heterocycles. The molecule has 0 amide bonds. The second-order valence-corrected chi connectivity index (χ2v) is 4.12. The lowest BCUT2D eigenvalue weighted by atomic mass is 10.1. The van der Waals surface area contributed by atoms with E-state index in [4.69, 9.17) is 4.74 Å². The van der Waals surface area contributed by atoms with E-state index in [1.165, 1.54) is 11.3 Å². The molecule has 1 saturated heterocycles. The summed E-state index contributed by atoms with van der Waals surface area (Å²) in [7, 11) is 1.99. The first-order valence-electron chi connectivity index (χ1n) is 5.96. The van der Waals surface area contributed by atoms with Crippen LogP contribution < -0.4 is 10.2 Å². The van der Waals surface area contributed by atoms with E-state index in [9.17, 15) is 0 Å². The molecule has 0 atom stereocenters. The fourth-order valence-electron chi connectivity index (χ4n) is 1.96. The van der Waals surface area contributed by atoms with E-state index in [1.54, 1.807) is 0 Å². The van der Waals surface area contributed by atoms with E-state index in [1.807, 2.05) is 7.05 Å². The Bertz CT molecular complexity index is 304. The van der Waals surface area contributed by atoms with Gasteiger partial charge in [-0.15, -0.1) is 0 Å². The fraction of sp³-hybridized carbons (Fsp3) is 0.538. The molecule has 1 heterocycles. The lowest BCUT2D eigenvalue weighted by Crippen LogP contribution is -2.36. The Hall–Kier alpha value is -1.06. The summed E-state index contributed by atoms with van der Waals surface area (Å²) in [6.07, 6.45) is 1.10. The van der Waals surface area contributed by atoms with E-state index in [0.29, 0.717) is 0 Å². The Labute approximate surface area is 97.4 Å². The van der Waals surface area contributed by atoms with Crippen molar-refractivity contribution < 1.29 is 4.74 Å². The monoisotopic (exact) mass is 220 g/mol. The molecule has 0 saturated carbocycles. The smallest absolute Gasteiger partial charge is 0.0642 e. The summed E-state index contributed by atoms with van der Waals surface area (Å²) in [5.41, 5.74) is 2.71. The number of benzene rings is 1. The largest absolute Gasteiger partial charge is 0.378 e. The van der Waals surface area contributed by atoms with Crippen molar-refractivity contribution >= 4 is 5.69 Å². The minimum absolute atomic E-state index is 0.849. The molecule has 0 bridgehead atoms. The average Bonchev–Trinajstić information content (AvgIpc) is 2.38. The van der Waals surface area contributed by atoms with E-state index < -0.39 is 0 Å². The third-order valence-corrected chi connectivity index (χ3v) is 2.98. The molecule has 0 radical (unpaired) electrons. The third kappa shape index (κ3) is 2.97. The van der Waals surface area contributed by atoms with Gasteiger partial charge in [-0.05, 0) is 37.7 Å². The van der Waals surface area contributed by atoms with Gasteiger partial charge in [0.05, 0.1) is 13.2 Å². The van der Waals surface area contributed by atoms with Gasteiger partial charge in [-0.3, -0.25) is 0 Å². The maximum atomic E-state index is 5.35. The highest BCUT2D eigenvalue weighted by molar-refractivity contribution is 5.47. The Morgan fingerprint density at radius 1 is 1.19 bits per heavy atom. The number of rotatable bonds is 4. The Morgan fingerprint density at radius 3 is 2.50 bits per heavy atom. The Kier molecular flexibility index (Phi) is 4.19. The van der Waals surface area contributed by atoms with Gasteiger partial charge in [0.15, 0.2) is 0 Å². The fourth-order valence-corrected chi connectivity index (χ4v) is 1.96. The molecule has 16 heavy (non-hydrogen) atoms. The van der Waals surface area contributed by atoms with Gasteiger partial charge >= 0.3 is 0 Å². The number of hydrogen-bond acceptors (Lipinski definition) is 3. The predicted molar refractivity (Wildman–Crippen MR) is 67.1 cm³/mol. The summed E-state index contributed by atoms with van der Waals surface area (Å²) in [5, 5.41) is 3.17. The number of likely N-dealkylation sites (N-methyl/N-ethyl adjacent to an activating group) is 1. The first kappa shape index (κ1) is 11.4. The van der Waals surface area contributed by atoms with E-state index in [2.05, 4.69) is 34.5 Å². The third-order valence-electron chi connectivity index (χ3n) is 2.98. The van der Waals surface area contributed by atoms with E-state index in [-0.39, 0.29) is 0 Å². The molecule has 0 spiro atoms. The molecule has 1 aliphatic heterocycles. The van der Waals surface area contributed by atoms with Crippen LogP contribution in [-0.4, -0.2) is 39.9 Å². The number of ether oxygens (including phenoxy) is 1. The van der Waals surface area contributed by atoms with E-state index >= 15 is 0 Å². The number of nitrogens with one attached hydrogen (secondary N) is 1. The molecule has 0 unspecified atom stereocenters. The van der Waals surface area contributed by atoms with Gasteiger partial charge in [0, 0.05) is 18.8 Å². The van der Waals surface area contributed by atoms with Crippen molar-refractivity contribution in [1.82, 2.24) is 5.32 Å². The highest BCUT2D eigenvalue weighted by atomic mass is 16.5. The van der Waals surface area contributed by atoms with Crippen molar-refractivity contribution in [2.75, 3.05) is 44.8 Å². The number of nitrogens with zero attached hydrogens (tertiary/aromatic N) is 1. The molecule has 1 aromatic carbocycles. The van der Waals surface area contributed by atoms with Crippen LogP contribution in [0.2, 0.25) is 0 Å². The van der Waals surface area contributed by atoms with Crippen LogP contribution in [0.25, 0.3) is 0 Å². The van der Waals surface area contributed by atoms with Crippen LogP contribution in [0, 0.1) is 0 Å². The van der Waals surface area contributed by atoms with Gasteiger partial charge in [0.2, 0.25) is 0 Å². The predicted octanol–water partition coefficient (Wildman–Crippen LogP) is 1.29. The van der Waals surface area contributed by atoms with Crippen LogP contribution in [0.5, 0.6) is 0 Å². The first-order valence-corrected chi connectivity index (χ1v) is 5.96. The maximum absolute atomic E-state index is 5.35. The molecular weight excluding hydrogens is 200 g/mol. The van der Waals surface area contributed by atoms with Crippen molar-refractivity contribution in [3.8, 4) is 0 Å². The SMILES string of the molecule is CNCCc1ccc(N2CCOCC2)cc1. The second kappa shape index (κ2) is 5.87. The normalized spacial score (nSPS) is 16.4. The standard InChI is InChI=1S/C13H20N2O/c1-14-7-6-12-2-4-13(5-3-12)15-8-10-16-11-9-15/h2-5,14H,6-11H2,1H3. The molecule has 1 aliphatic rings. The van der Waals surface area contributed by atoms with Crippen molar-refractivity contribution in [3.63, 3.8) is 0 Å². The molecule has 2 rings (SSSR count).